The second kappa shape index (κ2) is 4.73. The number of benzene rings is 1. The van der Waals surface area contributed by atoms with E-state index in [9.17, 15) is 4.79 Å². The number of ether oxygens (including phenoxy) is 2. The first kappa shape index (κ1) is 11.7. The van der Waals surface area contributed by atoms with Gasteiger partial charge in [0.05, 0.1) is 6.10 Å². The summed E-state index contributed by atoms with van der Waals surface area (Å²) in [6.07, 6.45) is 3.39. The van der Waals surface area contributed by atoms with E-state index in [0.717, 1.165) is 30.6 Å². The van der Waals surface area contributed by atoms with Gasteiger partial charge in [0.2, 0.25) is 0 Å². The summed E-state index contributed by atoms with van der Waals surface area (Å²) in [7, 11) is 0. The SMILES string of the molecule is CC1CCOC1C(=O)c1ccc(OC2CC2)cc1. The monoisotopic (exact) mass is 246 g/mol. The second-order valence-corrected chi connectivity index (χ2v) is 5.26. The van der Waals surface area contributed by atoms with E-state index < -0.39 is 0 Å². The van der Waals surface area contributed by atoms with E-state index in [1.54, 1.807) is 0 Å². The molecule has 0 aromatic heterocycles. The molecule has 0 N–H and O–H groups in total. The number of Topliss-reactive ketones (excluding diaryl/α,β-unsaturated/α-hetero) is 1. The molecule has 3 heteroatoms. The van der Waals surface area contributed by atoms with Gasteiger partial charge >= 0.3 is 0 Å². The lowest BCUT2D eigenvalue weighted by Crippen LogP contribution is -2.25. The molecular formula is C15H18O3. The van der Waals surface area contributed by atoms with Gasteiger partial charge in [-0.2, -0.15) is 0 Å². The van der Waals surface area contributed by atoms with Gasteiger partial charge in [-0.15, -0.1) is 0 Å². The number of hydrogen-bond acceptors (Lipinski definition) is 3. The Labute approximate surface area is 107 Å². The predicted molar refractivity (Wildman–Crippen MR) is 67.9 cm³/mol. The summed E-state index contributed by atoms with van der Waals surface area (Å²) in [4.78, 5) is 12.2. The van der Waals surface area contributed by atoms with Crippen molar-refractivity contribution in [1.29, 1.82) is 0 Å². The summed E-state index contributed by atoms with van der Waals surface area (Å²) in [6, 6.07) is 7.44. The van der Waals surface area contributed by atoms with Gasteiger partial charge in [-0.1, -0.05) is 6.92 Å². The molecule has 1 aliphatic heterocycles. The normalized spacial score (nSPS) is 27.2. The van der Waals surface area contributed by atoms with Crippen LogP contribution in [-0.4, -0.2) is 24.6 Å². The van der Waals surface area contributed by atoms with Crippen LogP contribution in [0.5, 0.6) is 5.75 Å². The van der Waals surface area contributed by atoms with E-state index in [4.69, 9.17) is 9.47 Å². The van der Waals surface area contributed by atoms with Crippen LogP contribution >= 0.6 is 0 Å². The molecule has 96 valence electrons. The van der Waals surface area contributed by atoms with Gasteiger partial charge in [-0.25, -0.2) is 0 Å². The van der Waals surface area contributed by atoms with Crippen LogP contribution in [0.1, 0.15) is 36.5 Å². The number of hydrogen-bond donors (Lipinski definition) is 0. The van der Waals surface area contributed by atoms with Crippen LogP contribution in [0.4, 0.5) is 0 Å². The number of ketones is 1. The highest BCUT2D eigenvalue weighted by atomic mass is 16.5. The van der Waals surface area contributed by atoms with Gasteiger partial charge in [-0.3, -0.25) is 4.79 Å². The van der Waals surface area contributed by atoms with Crippen LogP contribution in [0, 0.1) is 5.92 Å². The fraction of sp³-hybridized carbons (Fsp3) is 0.533. The van der Waals surface area contributed by atoms with Crippen LogP contribution in [-0.2, 0) is 4.74 Å². The molecule has 2 aliphatic rings. The van der Waals surface area contributed by atoms with E-state index in [0.29, 0.717) is 18.6 Å². The lowest BCUT2D eigenvalue weighted by molar-refractivity contribution is 0.0579. The minimum absolute atomic E-state index is 0.0953. The highest BCUT2D eigenvalue weighted by Gasteiger charge is 2.31. The molecule has 1 saturated carbocycles. The third-order valence-corrected chi connectivity index (χ3v) is 3.61. The zero-order valence-corrected chi connectivity index (χ0v) is 10.6. The van der Waals surface area contributed by atoms with Gasteiger partial charge in [-0.05, 0) is 49.4 Å². The van der Waals surface area contributed by atoms with Crippen molar-refractivity contribution < 1.29 is 14.3 Å². The van der Waals surface area contributed by atoms with Crippen LogP contribution in [0.25, 0.3) is 0 Å². The van der Waals surface area contributed by atoms with Crippen molar-refractivity contribution in [3.8, 4) is 5.75 Å². The van der Waals surface area contributed by atoms with E-state index >= 15 is 0 Å². The standard InChI is InChI=1S/C15H18O3/c1-10-8-9-17-15(10)14(16)11-2-4-12(5-3-11)18-13-6-7-13/h2-5,10,13,15H,6-9H2,1H3. The lowest BCUT2D eigenvalue weighted by Gasteiger charge is -2.13. The molecule has 1 aromatic carbocycles. The Hall–Kier alpha value is -1.35. The molecule has 1 heterocycles. The summed E-state index contributed by atoms with van der Waals surface area (Å²) in [6.45, 7) is 2.76. The average Bonchev–Trinajstić information content (AvgIpc) is 3.09. The summed E-state index contributed by atoms with van der Waals surface area (Å²) < 4.78 is 11.2. The topological polar surface area (TPSA) is 35.5 Å². The van der Waals surface area contributed by atoms with Gasteiger partial charge in [0.15, 0.2) is 5.78 Å². The van der Waals surface area contributed by atoms with E-state index in [-0.39, 0.29) is 11.9 Å². The van der Waals surface area contributed by atoms with Gasteiger partial charge < -0.3 is 9.47 Å². The highest BCUT2D eigenvalue weighted by Crippen LogP contribution is 2.28. The predicted octanol–water partition coefficient (Wildman–Crippen LogP) is 2.84. The first-order chi connectivity index (χ1) is 8.74. The van der Waals surface area contributed by atoms with Crippen LogP contribution in [0.15, 0.2) is 24.3 Å². The molecule has 0 radical (unpaired) electrons. The maximum atomic E-state index is 12.2. The third-order valence-electron chi connectivity index (χ3n) is 3.61. The Balaban J connectivity index is 1.69. The van der Waals surface area contributed by atoms with E-state index in [2.05, 4.69) is 6.92 Å². The van der Waals surface area contributed by atoms with Crippen molar-refractivity contribution in [3.63, 3.8) is 0 Å². The maximum absolute atomic E-state index is 12.2. The minimum Gasteiger partial charge on any atom is -0.490 e. The second-order valence-electron chi connectivity index (χ2n) is 5.26. The molecule has 2 unspecified atom stereocenters. The molecule has 0 bridgehead atoms. The summed E-state index contributed by atoms with van der Waals surface area (Å²) in [5.74, 6) is 1.27. The van der Waals surface area contributed by atoms with E-state index in [1.807, 2.05) is 24.3 Å². The molecule has 0 spiro atoms. The fourth-order valence-electron chi connectivity index (χ4n) is 2.27. The quantitative estimate of drug-likeness (QED) is 0.766. The summed E-state index contributed by atoms with van der Waals surface area (Å²) >= 11 is 0. The molecule has 3 nitrogen and oxygen atoms in total. The molecular weight excluding hydrogens is 228 g/mol. The van der Waals surface area contributed by atoms with Crippen molar-refractivity contribution in [3.05, 3.63) is 29.8 Å². The van der Waals surface area contributed by atoms with Gasteiger partial charge in [0.1, 0.15) is 11.9 Å². The molecule has 0 amide bonds. The largest absolute Gasteiger partial charge is 0.490 e. The van der Waals surface area contributed by atoms with Crippen LogP contribution in [0.3, 0.4) is 0 Å². The average molecular weight is 246 g/mol. The fourth-order valence-corrected chi connectivity index (χ4v) is 2.27. The molecule has 1 aliphatic carbocycles. The Bertz CT molecular complexity index is 434. The summed E-state index contributed by atoms with van der Waals surface area (Å²) in [5, 5.41) is 0. The molecule has 1 saturated heterocycles. The zero-order chi connectivity index (χ0) is 12.5. The number of carbonyl (C=O) groups is 1. The van der Waals surface area contributed by atoms with Crippen LogP contribution < -0.4 is 4.74 Å². The molecule has 2 fully saturated rings. The molecule has 1 aromatic rings. The summed E-state index contributed by atoms with van der Waals surface area (Å²) in [5.41, 5.74) is 0.719. The maximum Gasteiger partial charge on any atom is 0.191 e. The van der Waals surface area contributed by atoms with Crippen molar-refractivity contribution in [2.75, 3.05) is 6.61 Å². The zero-order valence-electron chi connectivity index (χ0n) is 10.6. The Morgan fingerprint density at radius 3 is 2.50 bits per heavy atom. The first-order valence-electron chi connectivity index (χ1n) is 6.66. The molecule has 2 atom stereocenters. The van der Waals surface area contributed by atoms with E-state index in [1.165, 1.54) is 0 Å². The Kier molecular flexibility index (Phi) is 3.08. The third kappa shape index (κ3) is 2.41. The number of carbonyl (C=O) groups excluding carboxylic acids is 1. The Morgan fingerprint density at radius 2 is 1.94 bits per heavy atom. The molecule has 18 heavy (non-hydrogen) atoms. The van der Waals surface area contributed by atoms with Crippen molar-refractivity contribution in [1.82, 2.24) is 0 Å². The Morgan fingerprint density at radius 1 is 1.22 bits per heavy atom. The molecule has 3 rings (SSSR count). The van der Waals surface area contributed by atoms with Crippen molar-refractivity contribution >= 4 is 5.78 Å². The highest BCUT2D eigenvalue weighted by molar-refractivity contribution is 5.99. The smallest absolute Gasteiger partial charge is 0.191 e. The van der Waals surface area contributed by atoms with Crippen molar-refractivity contribution in [2.24, 2.45) is 5.92 Å². The van der Waals surface area contributed by atoms with Crippen molar-refractivity contribution in [2.45, 2.75) is 38.4 Å². The lowest BCUT2D eigenvalue weighted by atomic mass is 9.96. The minimum atomic E-state index is -0.264. The van der Waals surface area contributed by atoms with Crippen LogP contribution in [0.2, 0.25) is 0 Å². The first-order valence-corrected chi connectivity index (χ1v) is 6.66. The van der Waals surface area contributed by atoms with Gasteiger partial charge in [0, 0.05) is 12.2 Å². The van der Waals surface area contributed by atoms with Gasteiger partial charge in [0.25, 0.3) is 0 Å². The number of rotatable bonds is 4.